The lowest BCUT2D eigenvalue weighted by Crippen LogP contribution is -2.41. The molecular weight excluding hydrogens is 280 g/mol. The van der Waals surface area contributed by atoms with E-state index >= 15 is 0 Å². The fourth-order valence-corrected chi connectivity index (χ4v) is 2.57. The van der Waals surface area contributed by atoms with Crippen molar-refractivity contribution in [1.82, 2.24) is 5.32 Å². The summed E-state index contributed by atoms with van der Waals surface area (Å²) in [5.41, 5.74) is 5.66. The maximum absolute atomic E-state index is 11.8. The van der Waals surface area contributed by atoms with Crippen molar-refractivity contribution in [2.45, 2.75) is 31.2 Å². The van der Waals surface area contributed by atoms with Gasteiger partial charge in [-0.25, -0.2) is 0 Å². The summed E-state index contributed by atoms with van der Waals surface area (Å²) in [7, 11) is 0. The summed E-state index contributed by atoms with van der Waals surface area (Å²) >= 11 is 7.31. The van der Waals surface area contributed by atoms with E-state index in [9.17, 15) is 4.79 Å². The molecule has 0 heterocycles. The fourth-order valence-electron chi connectivity index (χ4n) is 1.73. The molecule has 1 amide bonds. The van der Waals surface area contributed by atoms with Crippen LogP contribution in [0.1, 0.15) is 20.3 Å². The zero-order valence-electron chi connectivity index (χ0n) is 11.4. The lowest BCUT2D eigenvalue weighted by molar-refractivity contribution is -0.119. The number of amides is 1. The smallest absolute Gasteiger partial charge is 0.230 e. The first-order valence-corrected chi connectivity index (χ1v) is 7.75. The molecule has 0 aliphatic rings. The molecule has 3 nitrogen and oxygen atoms in total. The van der Waals surface area contributed by atoms with E-state index < -0.39 is 0 Å². The molecule has 19 heavy (non-hydrogen) atoms. The van der Waals surface area contributed by atoms with Gasteiger partial charge in [-0.1, -0.05) is 25.4 Å². The Balaban J connectivity index is 2.36. The Bertz CT molecular complexity index is 395. The molecule has 0 fully saturated rings. The summed E-state index contributed by atoms with van der Waals surface area (Å²) in [4.78, 5) is 12.9. The second-order valence-electron chi connectivity index (χ2n) is 4.87. The molecule has 106 valence electrons. The van der Waals surface area contributed by atoms with Crippen molar-refractivity contribution in [2.75, 3.05) is 12.3 Å². The van der Waals surface area contributed by atoms with Crippen molar-refractivity contribution in [3.63, 3.8) is 0 Å². The first-order valence-electron chi connectivity index (χ1n) is 6.39. The molecule has 5 heteroatoms. The van der Waals surface area contributed by atoms with Gasteiger partial charge in [-0.3, -0.25) is 4.79 Å². The Morgan fingerprint density at radius 2 is 2.00 bits per heavy atom. The first kappa shape index (κ1) is 16.3. The second kappa shape index (κ2) is 8.46. The van der Waals surface area contributed by atoms with Crippen molar-refractivity contribution in [2.24, 2.45) is 11.7 Å². The lowest BCUT2D eigenvalue weighted by Gasteiger charge is -2.18. The van der Waals surface area contributed by atoms with Crippen LogP contribution in [0.25, 0.3) is 0 Å². The number of nitrogens with one attached hydrogen (secondary N) is 1. The highest BCUT2D eigenvalue weighted by molar-refractivity contribution is 8.00. The molecule has 1 aromatic rings. The van der Waals surface area contributed by atoms with Crippen LogP contribution in [-0.4, -0.2) is 24.2 Å². The van der Waals surface area contributed by atoms with Crippen molar-refractivity contribution >= 4 is 29.3 Å². The standard InChI is InChI=1S/C14H21ClN2OS/c1-10(2)7-12(8-16)17-14(18)9-19-13-5-3-11(15)4-6-13/h3-6,10,12H,7-9,16H2,1-2H3,(H,17,18). The van der Waals surface area contributed by atoms with Crippen LogP contribution >= 0.6 is 23.4 Å². The number of nitrogens with two attached hydrogens (primary N) is 1. The zero-order chi connectivity index (χ0) is 14.3. The van der Waals surface area contributed by atoms with Gasteiger partial charge >= 0.3 is 0 Å². The monoisotopic (exact) mass is 300 g/mol. The minimum Gasteiger partial charge on any atom is -0.351 e. The van der Waals surface area contributed by atoms with Gasteiger partial charge in [0.05, 0.1) is 5.75 Å². The highest BCUT2D eigenvalue weighted by Crippen LogP contribution is 2.20. The molecule has 0 saturated carbocycles. The van der Waals surface area contributed by atoms with Crippen molar-refractivity contribution in [1.29, 1.82) is 0 Å². The average Bonchev–Trinajstić information content (AvgIpc) is 2.36. The molecule has 0 bridgehead atoms. The van der Waals surface area contributed by atoms with Crippen molar-refractivity contribution in [3.05, 3.63) is 29.3 Å². The van der Waals surface area contributed by atoms with Gasteiger partial charge in [-0.15, -0.1) is 11.8 Å². The van der Waals surface area contributed by atoms with Crippen LogP contribution in [0.15, 0.2) is 29.2 Å². The third kappa shape index (κ3) is 6.85. The second-order valence-corrected chi connectivity index (χ2v) is 6.36. The van der Waals surface area contributed by atoms with Gasteiger partial charge in [-0.05, 0) is 36.6 Å². The molecule has 0 spiro atoms. The first-order chi connectivity index (χ1) is 9.01. The third-order valence-corrected chi connectivity index (χ3v) is 3.85. The largest absolute Gasteiger partial charge is 0.351 e. The summed E-state index contributed by atoms with van der Waals surface area (Å²) < 4.78 is 0. The lowest BCUT2D eigenvalue weighted by atomic mass is 10.0. The molecule has 1 rings (SSSR count). The number of rotatable bonds is 7. The third-order valence-electron chi connectivity index (χ3n) is 2.59. The SMILES string of the molecule is CC(C)CC(CN)NC(=O)CSc1ccc(Cl)cc1. The Kier molecular flexibility index (Phi) is 7.28. The molecule has 1 unspecified atom stereocenters. The van der Waals surface area contributed by atoms with Gasteiger partial charge in [-0.2, -0.15) is 0 Å². The van der Waals surface area contributed by atoms with E-state index in [4.69, 9.17) is 17.3 Å². The van der Waals surface area contributed by atoms with E-state index in [1.165, 1.54) is 11.8 Å². The molecule has 1 aromatic carbocycles. The predicted octanol–water partition coefficient (Wildman–Crippen LogP) is 2.92. The van der Waals surface area contributed by atoms with Crippen LogP contribution in [0.3, 0.4) is 0 Å². The van der Waals surface area contributed by atoms with E-state index in [0.29, 0.717) is 23.2 Å². The van der Waals surface area contributed by atoms with Crippen molar-refractivity contribution < 1.29 is 4.79 Å². The summed E-state index contributed by atoms with van der Waals surface area (Å²) in [5.74, 6) is 0.949. The number of carbonyl (C=O) groups is 1. The molecule has 1 atom stereocenters. The van der Waals surface area contributed by atoms with Crippen LogP contribution in [0.5, 0.6) is 0 Å². The summed E-state index contributed by atoms with van der Waals surface area (Å²) in [5, 5.41) is 3.67. The van der Waals surface area contributed by atoms with E-state index in [1.807, 2.05) is 24.3 Å². The zero-order valence-corrected chi connectivity index (χ0v) is 12.9. The number of thioether (sulfide) groups is 1. The van der Waals surface area contributed by atoms with Gasteiger partial charge < -0.3 is 11.1 Å². The number of halogens is 1. The maximum atomic E-state index is 11.8. The summed E-state index contributed by atoms with van der Waals surface area (Å²) in [6.07, 6.45) is 0.911. The Hall–Kier alpha value is -0.710. The van der Waals surface area contributed by atoms with E-state index in [0.717, 1.165) is 11.3 Å². The van der Waals surface area contributed by atoms with Crippen LogP contribution in [0, 0.1) is 5.92 Å². The molecule has 0 radical (unpaired) electrons. The van der Waals surface area contributed by atoms with E-state index in [1.54, 1.807) is 0 Å². The topological polar surface area (TPSA) is 55.1 Å². The van der Waals surface area contributed by atoms with Gasteiger partial charge in [0.15, 0.2) is 0 Å². The van der Waals surface area contributed by atoms with Gasteiger partial charge in [0.1, 0.15) is 0 Å². The molecule has 0 aromatic heterocycles. The summed E-state index contributed by atoms with van der Waals surface area (Å²) in [6.45, 7) is 4.73. The highest BCUT2D eigenvalue weighted by Gasteiger charge is 2.12. The molecule has 3 N–H and O–H groups in total. The van der Waals surface area contributed by atoms with Gasteiger partial charge in [0.25, 0.3) is 0 Å². The quantitative estimate of drug-likeness (QED) is 0.761. The Morgan fingerprint density at radius 3 is 2.53 bits per heavy atom. The fraction of sp³-hybridized carbons (Fsp3) is 0.500. The molecule has 0 aliphatic heterocycles. The van der Waals surface area contributed by atoms with Crippen LogP contribution < -0.4 is 11.1 Å². The van der Waals surface area contributed by atoms with E-state index in [2.05, 4.69) is 19.2 Å². The van der Waals surface area contributed by atoms with Crippen LogP contribution in [0.4, 0.5) is 0 Å². The van der Waals surface area contributed by atoms with Crippen molar-refractivity contribution in [3.8, 4) is 0 Å². The number of carbonyl (C=O) groups excluding carboxylic acids is 1. The predicted molar refractivity (Wildman–Crippen MR) is 82.6 cm³/mol. The highest BCUT2D eigenvalue weighted by atomic mass is 35.5. The van der Waals surface area contributed by atoms with Gasteiger partial charge in [0, 0.05) is 22.5 Å². The number of benzene rings is 1. The summed E-state index contributed by atoms with van der Waals surface area (Å²) in [6, 6.07) is 7.54. The molecule has 0 saturated heterocycles. The number of hydrogen-bond donors (Lipinski definition) is 2. The maximum Gasteiger partial charge on any atom is 0.230 e. The minimum atomic E-state index is 0.0241. The normalized spacial score (nSPS) is 12.5. The van der Waals surface area contributed by atoms with Crippen LogP contribution in [0.2, 0.25) is 5.02 Å². The number of hydrogen-bond acceptors (Lipinski definition) is 3. The average molecular weight is 301 g/mol. The molecular formula is C14H21ClN2OS. The van der Waals surface area contributed by atoms with Gasteiger partial charge in [0.2, 0.25) is 5.91 Å². The Morgan fingerprint density at radius 1 is 1.37 bits per heavy atom. The Labute approximate surface area is 124 Å². The van der Waals surface area contributed by atoms with E-state index in [-0.39, 0.29) is 11.9 Å². The van der Waals surface area contributed by atoms with Crippen LogP contribution in [-0.2, 0) is 4.79 Å². The minimum absolute atomic E-state index is 0.0241. The molecule has 0 aliphatic carbocycles.